The highest BCUT2D eigenvalue weighted by Crippen LogP contribution is 2.32. The van der Waals surface area contributed by atoms with Gasteiger partial charge in [0.2, 0.25) is 0 Å². The average Bonchev–Trinajstić information content (AvgIpc) is 2.67. The maximum absolute atomic E-state index is 13.5. The van der Waals surface area contributed by atoms with Gasteiger partial charge in [-0.05, 0) is 29.6 Å². The highest BCUT2D eigenvalue weighted by molar-refractivity contribution is 7.10. The maximum Gasteiger partial charge on any atom is 0.128 e. The van der Waals surface area contributed by atoms with Crippen molar-refractivity contribution in [2.75, 3.05) is 0 Å². The molecule has 1 aromatic carbocycles. The third kappa shape index (κ3) is 2.09. The lowest BCUT2D eigenvalue weighted by atomic mass is 10.1. The maximum atomic E-state index is 13.5. The van der Waals surface area contributed by atoms with Gasteiger partial charge in [0, 0.05) is 10.4 Å². The molecule has 1 unspecified atom stereocenters. The van der Waals surface area contributed by atoms with Crippen LogP contribution in [0.5, 0.6) is 0 Å². The zero-order chi connectivity index (χ0) is 11.7. The summed E-state index contributed by atoms with van der Waals surface area (Å²) in [4.78, 5) is 0.631. The van der Waals surface area contributed by atoms with Crippen LogP contribution < -0.4 is 5.73 Å². The lowest BCUT2D eigenvalue weighted by Gasteiger charge is -2.11. The van der Waals surface area contributed by atoms with Gasteiger partial charge in [-0.15, -0.1) is 11.3 Å². The molecule has 0 spiro atoms. The second-order valence-electron chi connectivity index (χ2n) is 3.28. The minimum atomic E-state index is -0.733. The quantitative estimate of drug-likeness (QED) is 0.874. The molecule has 0 aliphatic carbocycles. The molecule has 2 N–H and O–H groups in total. The SMILES string of the molecule is NC(c1cc(F)ccc1F)c1sccc1Cl. The molecule has 1 aromatic heterocycles. The summed E-state index contributed by atoms with van der Waals surface area (Å²) in [6, 6.07) is 4.16. The van der Waals surface area contributed by atoms with E-state index in [4.69, 9.17) is 17.3 Å². The standard InChI is InChI=1S/C11H8ClF2NS/c12-8-3-4-16-11(8)10(15)7-5-6(13)1-2-9(7)14/h1-5,10H,15H2. The monoisotopic (exact) mass is 259 g/mol. The van der Waals surface area contributed by atoms with E-state index in [-0.39, 0.29) is 5.56 Å². The fourth-order valence-electron chi connectivity index (χ4n) is 1.42. The van der Waals surface area contributed by atoms with E-state index in [2.05, 4.69) is 0 Å². The molecule has 0 amide bonds. The first-order valence-electron chi connectivity index (χ1n) is 4.53. The number of halogens is 3. The Morgan fingerprint density at radius 1 is 1.25 bits per heavy atom. The Kier molecular flexibility index (Phi) is 3.23. The van der Waals surface area contributed by atoms with Crippen LogP contribution in [0, 0.1) is 11.6 Å². The zero-order valence-corrected chi connectivity index (χ0v) is 9.66. The minimum absolute atomic E-state index is 0.115. The lowest BCUT2D eigenvalue weighted by molar-refractivity contribution is 0.578. The molecule has 0 aliphatic rings. The number of thiophene rings is 1. The number of hydrogen-bond donors (Lipinski definition) is 1. The smallest absolute Gasteiger partial charge is 0.128 e. The molecular formula is C11H8ClF2NS. The van der Waals surface area contributed by atoms with Crippen molar-refractivity contribution in [1.82, 2.24) is 0 Å². The molecule has 0 saturated carbocycles. The van der Waals surface area contributed by atoms with E-state index < -0.39 is 17.7 Å². The van der Waals surface area contributed by atoms with Crippen molar-refractivity contribution in [2.24, 2.45) is 5.73 Å². The summed E-state index contributed by atoms with van der Waals surface area (Å²) in [6.07, 6.45) is 0. The summed E-state index contributed by atoms with van der Waals surface area (Å²) in [5.41, 5.74) is 5.97. The lowest BCUT2D eigenvalue weighted by Crippen LogP contribution is -2.12. The molecule has 16 heavy (non-hydrogen) atoms. The van der Waals surface area contributed by atoms with Crippen LogP contribution in [0.3, 0.4) is 0 Å². The van der Waals surface area contributed by atoms with Gasteiger partial charge in [0.05, 0.1) is 11.1 Å². The van der Waals surface area contributed by atoms with Gasteiger partial charge >= 0.3 is 0 Å². The predicted molar refractivity (Wildman–Crippen MR) is 61.7 cm³/mol. The molecule has 84 valence electrons. The molecule has 0 bridgehead atoms. The summed E-state index contributed by atoms with van der Waals surface area (Å²) in [7, 11) is 0. The van der Waals surface area contributed by atoms with E-state index in [1.54, 1.807) is 11.4 Å². The molecule has 5 heteroatoms. The molecule has 0 radical (unpaired) electrons. The van der Waals surface area contributed by atoms with E-state index >= 15 is 0 Å². The normalized spacial score (nSPS) is 12.8. The largest absolute Gasteiger partial charge is 0.319 e. The zero-order valence-electron chi connectivity index (χ0n) is 8.08. The number of benzene rings is 1. The van der Waals surface area contributed by atoms with Crippen LogP contribution in [0.15, 0.2) is 29.6 Å². The third-order valence-corrected chi connectivity index (χ3v) is 3.66. The van der Waals surface area contributed by atoms with Crippen LogP contribution in [-0.2, 0) is 0 Å². The van der Waals surface area contributed by atoms with Gasteiger partial charge < -0.3 is 5.73 Å². The molecule has 1 atom stereocenters. The topological polar surface area (TPSA) is 26.0 Å². The number of nitrogens with two attached hydrogens (primary N) is 1. The van der Waals surface area contributed by atoms with Crippen LogP contribution in [0.4, 0.5) is 8.78 Å². The molecular weight excluding hydrogens is 252 g/mol. The summed E-state index contributed by atoms with van der Waals surface area (Å²) in [6.45, 7) is 0. The van der Waals surface area contributed by atoms with Crippen molar-refractivity contribution in [2.45, 2.75) is 6.04 Å². The van der Waals surface area contributed by atoms with Crippen LogP contribution in [0.25, 0.3) is 0 Å². The first-order chi connectivity index (χ1) is 7.59. The summed E-state index contributed by atoms with van der Waals surface area (Å²) >= 11 is 7.21. The fraction of sp³-hybridized carbons (Fsp3) is 0.0909. The van der Waals surface area contributed by atoms with Crippen molar-refractivity contribution in [3.63, 3.8) is 0 Å². The Labute approximate surface area is 100 Å². The van der Waals surface area contributed by atoms with E-state index in [0.29, 0.717) is 9.90 Å². The van der Waals surface area contributed by atoms with Crippen molar-refractivity contribution in [3.05, 3.63) is 56.7 Å². The van der Waals surface area contributed by atoms with Crippen molar-refractivity contribution in [3.8, 4) is 0 Å². The Hall–Kier alpha value is -0.970. The van der Waals surface area contributed by atoms with Gasteiger partial charge in [-0.3, -0.25) is 0 Å². The summed E-state index contributed by atoms with van der Waals surface area (Å²) < 4.78 is 26.5. The Morgan fingerprint density at radius 2 is 2.00 bits per heavy atom. The van der Waals surface area contributed by atoms with E-state index in [0.717, 1.165) is 18.2 Å². The minimum Gasteiger partial charge on any atom is -0.319 e. The fourth-order valence-corrected chi connectivity index (χ4v) is 2.62. The van der Waals surface area contributed by atoms with Crippen molar-refractivity contribution >= 4 is 22.9 Å². The number of rotatable bonds is 2. The van der Waals surface area contributed by atoms with Crippen molar-refractivity contribution < 1.29 is 8.78 Å². The van der Waals surface area contributed by atoms with Gasteiger partial charge in [-0.25, -0.2) is 8.78 Å². The highest BCUT2D eigenvalue weighted by atomic mass is 35.5. The van der Waals surface area contributed by atoms with Crippen LogP contribution in [0.2, 0.25) is 5.02 Å². The second-order valence-corrected chi connectivity index (χ2v) is 4.63. The molecule has 1 heterocycles. The summed E-state index contributed by atoms with van der Waals surface area (Å²) in [5.74, 6) is -1.04. The Morgan fingerprint density at radius 3 is 2.62 bits per heavy atom. The average molecular weight is 260 g/mol. The van der Waals surface area contributed by atoms with E-state index in [1.807, 2.05) is 0 Å². The molecule has 1 nitrogen and oxygen atoms in total. The van der Waals surface area contributed by atoms with Gasteiger partial charge in [0.15, 0.2) is 0 Å². The summed E-state index contributed by atoms with van der Waals surface area (Å²) in [5, 5.41) is 2.23. The molecule has 0 fully saturated rings. The van der Waals surface area contributed by atoms with E-state index in [1.165, 1.54) is 11.3 Å². The second kappa shape index (κ2) is 4.49. The van der Waals surface area contributed by atoms with Gasteiger partial charge in [-0.1, -0.05) is 11.6 Å². The Bertz CT molecular complexity index is 512. The third-order valence-electron chi connectivity index (χ3n) is 2.22. The molecule has 2 rings (SSSR count). The van der Waals surface area contributed by atoms with Gasteiger partial charge in [-0.2, -0.15) is 0 Å². The first-order valence-corrected chi connectivity index (χ1v) is 5.79. The highest BCUT2D eigenvalue weighted by Gasteiger charge is 2.18. The van der Waals surface area contributed by atoms with Crippen LogP contribution in [-0.4, -0.2) is 0 Å². The van der Waals surface area contributed by atoms with Crippen LogP contribution >= 0.6 is 22.9 Å². The van der Waals surface area contributed by atoms with Gasteiger partial charge in [0.1, 0.15) is 11.6 Å². The van der Waals surface area contributed by atoms with E-state index in [9.17, 15) is 8.78 Å². The van der Waals surface area contributed by atoms with Crippen LogP contribution in [0.1, 0.15) is 16.5 Å². The molecule has 0 aliphatic heterocycles. The van der Waals surface area contributed by atoms with Gasteiger partial charge in [0.25, 0.3) is 0 Å². The first kappa shape index (κ1) is 11.5. The number of hydrogen-bond acceptors (Lipinski definition) is 2. The molecule has 0 saturated heterocycles. The Balaban J connectivity index is 2.45. The predicted octanol–water partition coefficient (Wildman–Crippen LogP) is 3.73. The van der Waals surface area contributed by atoms with Crippen molar-refractivity contribution in [1.29, 1.82) is 0 Å². The molecule has 2 aromatic rings.